The van der Waals surface area contributed by atoms with Crippen LogP contribution in [0.5, 0.6) is 17.2 Å². The van der Waals surface area contributed by atoms with Gasteiger partial charge in [0.25, 0.3) is 0 Å². The number of nitrogens with two attached hydrogens (primary N) is 1. The van der Waals surface area contributed by atoms with Crippen LogP contribution >= 0.6 is 31.9 Å². The van der Waals surface area contributed by atoms with Gasteiger partial charge in [-0.05, 0) is 276 Å². The number of ether oxygens (including phenoxy) is 3. The minimum absolute atomic E-state index is 0.0387. The molecule has 0 bridgehead atoms. The molecule has 3 N–H and O–H groups in total. The molecule has 696 valence electrons. The average Bonchev–Trinajstić information content (AvgIpc) is 1.76. The van der Waals surface area contributed by atoms with E-state index in [4.69, 9.17) is 19.9 Å². The topological polar surface area (TPSA) is 317 Å². The van der Waals surface area contributed by atoms with E-state index < -0.39 is 45.9 Å². The van der Waals surface area contributed by atoms with Gasteiger partial charge < -0.3 is 33.6 Å². The van der Waals surface area contributed by atoms with E-state index in [2.05, 4.69) is 114 Å². The Labute approximate surface area is 796 Å². The zero-order chi connectivity index (χ0) is 94.9. The van der Waals surface area contributed by atoms with Gasteiger partial charge >= 0.3 is 0 Å². The molecule has 33 heteroatoms. The van der Waals surface area contributed by atoms with Crippen molar-refractivity contribution in [3.8, 4) is 39.8 Å². The van der Waals surface area contributed by atoms with Crippen LogP contribution in [0.3, 0.4) is 0 Å². The van der Waals surface area contributed by atoms with Crippen LogP contribution in [0.1, 0.15) is 153 Å². The molecule has 14 aromatic rings. The molecule has 0 aliphatic heterocycles. The molecular formula is C100H110Br2FN15O11S4. The number of halogens is 3. The third-order valence-electron chi connectivity index (χ3n) is 22.9. The number of anilines is 1. The van der Waals surface area contributed by atoms with Crippen LogP contribution in [0.25, 0.3) is 22.5 Å². The number of aromatic nitrogens is 10. The molecule has 4 aliphatic rings. The number of methoxy groups -OCH3 is 3. The summed E-state index contributed by atoms with van der Waals surface area (Å²) in [5.74, 6) is 5.11. The minimum Gasteiger partial charge on any atom is -0.497 e. The molecule has 4 fully saturated rings. The van der Waals surface area contributed by atoms with Crippen LogP contribution in [0.2, 0.25) is 0 Å². The van der Waals surface area contributed by atoms with Crippen LogP contribution in [0.4, 0.5) is 10.2 Å². The molecule has 4 aliphatic carbocycles. The monoisotopic (exact) mass is 2000 g/mol. The van der Waals surface area contributed by atoms with Gasteiger partial charge in [0.15, 0.2) is 0 Å². The Morgan fingerprint density at radius 3 is 1.02 bits per heavy atom. The normalized spacial score (nSPS) is 13.7. The highest BCUT2D eigenvalue weighted by Gasteiger charge is 2.30. The van der Waals surface area contributed by atoms with Crippen LogP contribution in [0, 0.1) is 12.7 Å². The van der Waals surface area contributed by atoms with Gasteiger partial charge in [-0.3, -0.25) is 15.0 Å². The molecule has 18 rings (SSSR count). The molecule has 0 saturated heterocycles. The first-order valence-corrected chi connectivity index (χ1v) is 50.7. The van der Waals surface area contributed by atoms with E-state index in [1.165, 1.54) is 113 Å². The third-order valence-corrected chi connectivity index (χ3v) is 31.1. The standard InChI is InChI=1S/C28H30N4O3S.C24H25BrN2O3S.C20H22N4O2S.C15H15BrFNO3S.C8H10N2.C5H8N2/c1-31-18-28(30-19-31)27-15-26(36(33,34)32(2)17-20-4-11-25(35-3)12-5-20)13-9-22(27)14-24-10-8-23(16-29-24)21-6-7-21;1-27(16-17-3-10-22(30-2)11-4-17)31(28,29)23-12-8-19(24(25)14-23)13-21-9-7-20(15-26-21)18-5-6-18;1-21-27(25,26)18-8-6-15(19(10-18)20-12-24(2)13-23-20)9-17-7-5-16(11-22-17)14-3-4-14;1-18(10-11-3-5-12(21-2)6-4-11)22(19,20)13-7-8-15(17)14(16)9-13;9-8-4-3-7(5-10-8)6-1-2-6;1-5-3-7(2)4-6-5/h4-5,8-13,15-16,18-19,21H,6-7,14,17H2,1-3H3;3-4,7-12,14-15,18H,5-6,13,16H2,1-2H3;5-8,10-14,21H,3-4,9H2,1-2H3;3-9H,10H2,1-2H3;3-6H,1-2H2,(H2,9,10);3-4H,1-2H3. The highest BCUT2D eigenvalue weighted by molar-refractivity contribution is 9.10. The molecule has 7 heterocycles. The number of hydrogen-bond acceptors (Lipinski definition) is 19. The average molecular weight is 2010 g/mol. The Morgan fingerprint density at radius 2 is 0.722 bits per heavy atom. The summed E-state index contributed by atoms with van der Waals surface area (Å²) in [4.78, 5) is 31.5. The SMILES string of the molecule is CNS(=O)(=O)c1ccc(Cc2ccc(C3CC3)cn2)c(-c2cn(C)cn2)c1.COc1ccc(CN(C)S(=O)(=O)c2ccc(Cc3ccc(C4CC4)cn3)c(-c3cn(C)cn3)c2)cc1.COc1ccc(CN(C)S(=O)(=O)c2ccc(Cc3ccc(C4CC4)cn3)c(Br)c2)cc1.COc1ccc(CN(C)S(=O)(=O)c2ccc(F)c(Br)c2)cc1.Cc1cn(C)cn1.Nc1ccc(C2CC2)cn1. The smallest absolute Gasteiger partial charge is 0.243 e. The maximum absolute atomic E-state index is 13.5. The van der Waals surface area contributed by atoms with Gasteiger partial charge in [-0.25, -0.2) is 62.7 Å². The van der Waals surface area contributed by atoms with Crippen molar-refractivity contribution in [2.45, 2.75) is 140 Å². The van der Waals surface area contributed by atoms with Crippen molar-refractivity contribution in [3.05, 3.63) is 350 Å². The molecule has 133 heavy (non-hydrogen) atoms. The largest absolute Gasteiger partial charge is 0.497 e. The number of hydrogen-bond donors (Lipinski definition) is 2. The highest BCUT2D eigenvalue weighted by Crippen LogP contribution is 2.43. The van der Waals surface area contributed by atoms with Gasteiger partial charge in [-0.15, -0.1) is 0 Å². The molecule has 4 saturated carbocycles. The van der Waals surface area contributed by atoms with Crippen LogP contribution in [-0.4, -0.2) is 145 Å². The first-order valence-electron chi connectivity index (χ1n) is 43.3. The Balaban J connectivity index is 0.000000143. The van der Waals surface area contributed by atoms with E-state index in [9.17, 15) is 38.1 Å². The van der Waals surface area contributed by atoms with E-state index in [1.807, 2.05) is 158 Å². The quantitative estimate of drug-likeness (QED) is 0.0440. The van der Waals surface area contributed by atoms with Crippen molar-refractivity contribution in [2.75, 3.05) is 55.3 Å². The lowest BCUT2D eigenvalue weighted by Gasteiger charge is -2.19. The Bertz CT molecular complexity index is 6750. The number of nitrogens with one attached hydrogen (secondary N) is 1. The predicted molar refractivity (Wildman–Crippen MR) is 522 cm³/mol. The summed E-state index contributed by atoms with van der Waals surface area (Å²) in [5.41, 5.74) is 23.3. The van der Waals surface area contributed by atoms with Crippen LogP contribution in [-0.2, 0) is 100 Å². The first-order chi connectivity index (χ1) is 63.6. The van der Waals surface area contributed by atoms with Crippen molar-refractivity contribution in [1.29, 1.82) is 0 Å². The molecule has 0 amide bonds. The number of nitrogens with zero attached hydrogens (tertiary/aromatic N) is 13. The third kappa shape index (κ3) is 27.4. The van der Waals surface area contributed by atoms with Crippen molar-refractivity contribution in [3.63, 3.8) is 0 Å². The van der Waals surface area contributed by atoms with E-state index in [-0.39, 0.29) is 43.7 Å². The lowest BCUT2D eigenvalue weighted by Crippen LogP contribution is -2.26. The van der Waals surface area contributed by atoms with Crippen LogP contribution in [0.15, 0.2) is 285 Å². The van der Waals surface area contributed by atoms with Crippen molar-refractivity contribution in [1.82, 2.24) is 66.2 Å². The van der Waals surface area contributed by atoms with Crippen molar-refractivity contribution < 1.29 is 52.3 Å². The van der Waals surface area contributed by atoms with E-state index in [1.54, 1.807) is 115 Å². The minimum atomic E-state index is -3.72. The van der Waals surface area contributed by atoms with Gasteiger partial charge in [0.05, 0.1) is 81.4 Å². The van der Waals surface area contributed by atoms with Crippen molar-refractivity contribution >= 4 is 77.8 Å². The summed E-state index contributed by atoms with van der Waals surface area (Å²) < 4.78 is 144. The van der Waals surface area contributed by atoms with Gasteiger partial charge in [-0.2, -0.15) is 12.9 Å². The Hall–Kier alpha value is -11.5. The molecule has 0 spiro atoms. The molecule has 7 aromatic carbocycles. The maximum Gasteiger partial charge on any atom is 0.243 e. The summed E-state index contributed by atoms with van der Waals surface area (Å²) in [6.45, 7) is 2.72. The van der Waals surface area contributed by atoms with E-state index >= 15 is 0 Å². The maximum atomic E-state index is 13.5. The molecular weight excluding hydrogens is 1890 g/mol. The van der Waals surface area contributed by atoms with Gasteiger partial charge in [-0.1, -0.05) is 94.8 Å². The number of pyridine rings is 4. The second-order valence-electron chi connectivity index (χ2n) is 33.4. The lowest BCUT2D eigenvalue weighted by molar-refractivity contribution is 0.414. The number of benzene rings is 7. The van der Waals surface area contributed by atoms with Gasteiger partial charge in [0, 0.05) is 157 Å². The summed E-state index contributed by atoms with van der Waals surface area (Å²) >= 11 is 6.55. The summed E-state index contributed by atoms with van der Waals surface area (Å²) in [6.07, 6.45) is 30.8. The number of aryl methyl sites for hydroxylation is 4. The molecule has 26 nitrogen and oxygen atoms in total. The summed E-state index contributed by atoms with van der Waals surface area (Å²) in [7, 11) is 2.06. The second-order valence-corrected chi connectivity index (χ2v) is 43.2. The van der Waals surface area contributed by atoms with E-state index in [0.29, 0.717) is 48.6 Å². The first kappa shape index (κ1) is 99.0. The fourth-order valence-electron chi connectivity index (χ4n) is 14.5. The fraction of sp³-hybridized carbons (Fsp3) is 0.290. The number of nitrogen functional groups attached to an aromatic ring is 1. The fourth-order valence-corrected chi connectivity index (χ4v) is 20.0. The van der Waals surface area contributed by atoms with Gasteiger partial charge in [0.2, 0.25) is 40.1 Å². The number of rotatable bonds is 29. The molecule has 0 atom stereocenters. The van der Waals surface area contributed by atoms with E-state index in [0.717, 1.165) is 107 Å². The number of imidazole rings is 3. The van der Waals surface area contributed by atoms with Crippen molar-refractivity contribution in [2.24, 2.45) is 21.1 Å². The molecule has 0 unspecified atom stereocenters. The van der Waals surface area contributed by atoms with Gasteiger partial charge in [0.1, 0.15) is 28.9 Å². The Morgan fingerprint density at radius 1 is 0.398 bits per heavy atom. The van der Waals surface area contributed by atoms with Crippen LogP contribution < -0.4 is 24.7 Å². The number of sulfonamides is 4. The second kappa shape index (κ2) is 44.6. The lowest BCUT2D eigenvalue weighted by atomic mass is 10.00. The molecule has 0 radical (unpaired) electrons. The predicted octanol–water partition coefficient (Wildman–Crippen LogP) is 18.5. The highest BCUT2D eigenvalue weighted by atomic mass is 79.9. The Kier molecular flexibility index (Phi) is 33.2. The summed E-state index contributed by atoms with van der Waals surface area (Å²) in [6, 6.07) is 57.8. The summed E-state index contributed by atoms with van der Waals surface area (Å²) in [5, 5.41) is 0. The zero-order valence-electron chi connectivity index (χ0n) is 76.1. The zero-order valence-corrected chi connectivity index (χ0v) is 82.5. The molecule has 7 aromatic heterocycles.